The monoisotopic (exact) mass is 252 g/mol. The summed E-state index contributed by atoms with van der Waals surface area (Å²) in [6.45, 7) is 6.10. The molecule has 4 heteroatoms. The number of nitrogens with zero attached hydrogens (tertiary/aromatic N) is 2. The summed E-state index contributed by atoms with van der Waals surface area (Å²) in [7, 11) is 0. The smallest absolute Gasteiger partial charge is 0.272 e. The zero-order valence-electron chi connectivity index (χ0n) is 10.2. The van der Waals surface area contributed by atoms with E-state index in [0.29, 0.717) is 16.3 Å². The molecule has 1 aromatic rings. The van der Waals surface area contributed by atoms with Gasteiger partial charge in [0.25, 0.3) is 5.91 Å². The van der Waals surface area contributed by atoms with Gasteiger partial charge in [0, 0.05) is 13.1 Å². The largest absolute Gasteiger partial charge is 0.337 e. The molecule has 0 N–H and O–H groups in total. The maximum absolute atomic E-state index is 12.2. The highest BCUT2D eigenvalue weighted by Crippen LogP contribution is 2.30. The fraction of sp³-hybridized carbons (Fsp3) is 0.538. The summed E-state index contributed by atoms with van der Waals surface area (Å²) in [6.07, 6.45) is 2.08. The predicted molar refractivity (Wildman–Crippen MR) is 68.2 cm³/mol. The van der Waals surface area contributed by atoms with Crippen molar-refractivity contribution in [2.45, 2.75) is 26.7 Å². The molecule has 17 heavy (non-hydrogen) atoms. The molecule has 1 aliphatic rings. The highest BCUT2D eigenvalue weighted by molar-refractivity contribution is 6.29. The molecule has 0 saturated carbocycles. The predicted octanol–water partition coefficient (Wildman–Crippen LogP) is 3.00. The van der Waals surface area contributed by atoms with Crippen molar-refractivity contribution in [3.05, 3.63) is 29.0 Å². The molecule has 0 spiro atoms. The number of carbonyl (C=O) groups is 1. The van der Waals surface area contributed by atoms with Gasteiger partial charge in [-0.1, -0.05) is 31.5 Å². The number of carbonyl (C=O) groups excluding carboxylic acids is 1. The zero-order valence-corrected chi connectivity index (χ0v) is 11.0. The summed E-state index contributed by atoms with van der Waals surface area (Å²) in [5.74, 6) is -0.0111. The van der Waals surface area contributed by atoms with Gasteiger partial charge in [0.2, 0.25) is 0 Å². The Hall–Kier alpha value is -1.09. The van der Waals surface area contributed by atoms with Crippen LogP contribution in [0.5, 0.6) is 0 Å². The van der Waals surface area contributed by atoms with Crippen LogP contribution in [0.1, 0.15) is 37.2 Å². The topological polar surface area (TPSA) is 33.2 Å². The van der Waals surface area contributed by atoms with Gasteiger partial charge in [-0.05, 0) is 30.4 Å². The maximum atomic E-state index is 12.2. The molecule has 2 heterocycles. The van der Waals surface area contributed by atoms with E-state index in [1.807, 2.05) is 4.90 Å². The summed E-state index contributed by atoms with van der Waals surface area (Å²) in [6, 6.07) is 5.15. The van der Waals surface area contributed by atoms with Gasteiger partial charge >= 0.3 is 0 Å². The lowest BCUT2D eigenvalue weighted by Gasteiger charge is -2.36. The second-order valence-electron chi connectivity index (χ2n) is 5.30. The Morgan fingerprint density at radius 2 is 2.00 bits per heavy atom. The standard InChI is InChI=1S/C13H17ClN2O/c1-13(2)6-8-16(9-7-13)12(17)10-4-3-5-11(14)15-10/h3-5H,6-9H2,1-2H3. The molecule has 0 aromatic carbocycles. The number of rotatable bonds is 1. The molecule has 1 saturated heterocycles. The van der Waals surface area contributed by atoms with E-state index in [1.165, 1.54) is 0 Å². The summed E-state index contributed by atoms with van der Waals surface area (Å²) in [5.41, 5.74) is 0.788. The van der Waals surface area contributed by atoms with E-state index >= 15 is 0 Å². The number of hydrogen-bond donors (Lipinski definition) is 0. The molecule has 0 radical (unpaired) electrons. The first-order valence-corrected chi connectivity index (χ1v) is 6.28. The van der Waals surface area contributed by atoms with Crippen molar-refractivity contribution in [1.82, 2.24) is 9.88 Å². The molecule has 1 amide bonds. The van der Waals surface area contributed by atoms with Crippen LogP contribution in [0.15, 0.2) is 18.2 Å². The third-order valence-corrected chi connectivity index (χ3v) is 3.55. The maximum Gasteiger partial charge on any atom is 0.272 e. The summed E-state index contributed by atoms with van der Waals surface area (Å²) >= 11 is 5.79. The number of pyridine rings is 1. The van der Waals surface area contributed by atoms with Crippen molar-refractivity contribution in [3.63, 3.8) is 0 Å². The van der Waals surface area contributed by atoms with Crippen LogP contribution < -0.4 is 0 Å². The van der Waals surface area contributed by atoms with Crippen molar-refractivity contribution < 1.29 is 4.79 Å². The fourth-order valence-electron chi connectivity index (χ4n) is 2.00. The normalized spacial score (nSPS) is 19.1. The second-order valence-corrected chi connectivity index (χ2v) is 5.69. The van der Waals surface area contributed by atoms with E-state index < -0.39 is 0 Å². The first kappa shape index (κ1) is 12.4. The molecule has 3 nitrogen and oxygen atoms in total. The van der Waals surface area contributed by atoms with Crippen molar-refractivity contribution in [2.24, 2.45) is 5.41 Å². The van der Waals surface area contributed by atoms with E-state index in [-0.39, 0.29) is 5.91 Å². The molecule has 1 aromatic heterocycles. The Morgan fingerprint density at radius 1 is 1.35 bits per heavy atom. The minimum atomic E-state index is -0.0111. The molecule has 0 aliphatic carbocycles. The molecule has 2 rings (SSSR count). The zero-order chi connectivity index (χ0) is 12.5. The van der Waals surface area contributed by atoms with E-state index in [0.717, 1.165) is 25.9 Å². The Labute approximate surface area is 107 Å². The van der Waals surface area contributed by atoms with E-state index in [4.69, 9.17) is 11.6 Å². The highest BCUT2D eigenvalue weighted by atomic mass is 35.5. The number of piperidine rings is 1. The van der Waals surface area contributed by atoms with Crippen LogP contribution in [-0.4, -0.2) is 28.9 Å². The molecule has 1 fully saturated rings. The van der Waals surface area contributed by atoms with Crippen molar-refractivity contribution >= 4 is 17.5 Å². The van der Waals surface area contributed by atoms with E-state index in [1.54, 1.807) is 18.2 Å². The lowest BCUT2D eigenvalue weighted by molar-refractivity contribution is 0.0624. The van der Waals surface area contributed by atoms with Gasteiger partial charge < -0.3 is 4.90 Å². The molecule has 92 valence electrons. The number of halogens is 1. The quantitative estimate of drug-likeness (QED) is 0.720. The average Bonchev–Trinajstić information content (AvgIpc) is 2.28. The number of amides is 1. The molecular formula is C13H17ClN2O. The number of hydrogen-bond acceptors (Lipinski definition) is 2. The molecular weight excluding hydrogens is 236 g/mol. The van der Waals surface area contributed by atoms with Gasteiger partial charge in [-0.3, -0.25) is 4.79 Å². The summed E-state index contributed by atoms with van der Waals surface area (Å²) in [4.78, 5) is 18.1. The summed E-state index contributed by atoms with van der Waals surface area (Å²) < 4.78 is 0. The minimum Gasteiger partial charge on any atom is -0.337 e. The first-order chi connectivity index (χ1) is 7.98. The van der Waals surface area contributed by atoms with Gasteiger partial charge in [0.05, 0.1) is 0 Å². The lowest BCUT2D eigenvalue weighted by atomic mass is 9.82. The Morgan fingerprint density at radius 3 is 2.59 bits per heavy atom. The average molecular weight is 253 g/mol. The Bertz CT molecular complexity index is 421. The van der Waals surface area contributed by atoms with Gasteiger partial charge in [-0.15, -0.1) is 0 Å². The van der Waals surface area contributed by atoms with Crippen LogP contribution >= 0.6 is 11.6 Å². The number of aromatic nitrogens is 1. The van der Waals surface area contributed by atoms with Gasteiger partial charge in [-0.25, -0.2) is 4.98 Å². The number of likely N-dealkylation sites (tertiary alicyclic amines) is 1. The van der Waals surface area contributed by atoms with Crippen molar-refractivity contribution in [3.8, 4) is 0 Å². The molecule has 0 atom stereocenters. The van der Waals surface area contributed by atoms with Crippen LogP contribution in [-0.2, 0) is 0 Å². The SMILES string of the molecule is CC1(C)CCN(C(=O)c2cccc(Cl)n2)CC1. The molecule has 0 unspecified atom stereocenters. The summed E-state index contributed by atoms with van der Waals surface area (Å²) in [5, 5.41) is 0.369. The van der Waals surface area contributed by atoms with Crippen LogP contribution in [0.3, 0.4) is 0 Å². The van der Waals surface area contributed by atoms with Crippen LogP contribution in [0.25, 0.3) is 0 Å². The van der Waals surface area contributed by atoms with Crippen molar-refractivity contribution in [1.29, 1.82) is 0 Å². The van der Waals surface area contributed by atoms with Crippen LogP contribution in [0.2, 0.25) is 5.15 Å². The molecule has 0 bridgehead atoms. The van der Waals surface area contributed by atoms with Crippen molar-refractivity contribution in [2.75, 3.05) is 13.1 Å². The van der Waals surface area contributed by atoms with Crippen LogP contribution in [0.4, 0.5) is 0 Å². The third kappa shape index (κ3) is 2.97. The second kappa shape index (κ2) is 4.65. The van der Waals surface area contributed by atoms with Crippen LogP contribution in [0, 0.1) is 5.41 Å². The first-order valence-electron chi connectivity index (χ1n) is 5.90. The Balaban J connectivity index is 2.07. The van der Waals surface area contributed by atoms with Gasteiger partial charge in [0.1, 0.15) is 10.8 Å². The van der Waals surface area contributed by atoms with E-state index in [9.17, 15) is 4.79 Å². The lowest BCUT2D eigenvalue weighted by Crippen LogP contribution is -2.41. The fourth-order valence-corrected chi connectivity index (χ4v) is 2.17. The third-order valence-electron chi connectivity index (χ3n) is 3.34. The van der Waals surface area contributed by atoms with Gasteiger partial charge in [-0.2, -0.15) is 0 Å². The molecule has 1 aliphatic heterocycles. The van der Waals surface area contributed by atoms with E-state index in [2.05, 4.69) is 18.8 Å². The highest BCUT2D eigenvalue weighted by Gasteiger charge is 2.28. The minimum absolute atomic E-state index is 0.0111. The van der Waals surface area contributed by atoms with Gasteiger partial charge in [0.15, 0.2) is 0 Å². The Kier molecular flexibility index (Phi) is 3.38.